The second-order valence-corrected chi connectivity index (χ2v) is 19.2. The first-order valence-electron chi connectivity index (χ1n) is 22.5. The van der Waals surface area contributed by atoms with E-state index in [-0.39, 0.29) is 53.7 Å². The average Bonchev–Trinajstić information content (AvgIpc) is 3.53. The van der Waals surface area contributed by atoms with Crippen LogP contribution in [-0.2, 0) is 14.4 Å². The summed E-state index contributed by atoms with van der Waals surface area (Å²) in [5, 5.41) is 9.25. The number of likely N-dealkylation sites (tertiary alicyclic amines) is 1. The Morgan fingerprint density at radius 3 is 2.38 bits per heavy atom. The molecule has 5 amide bonds. The number of carbonyl (C=O) groups excluding carboxylic acids is 5. The largest absolute Gasteiger partial charge is 0.478 e. The molecular weight excluding hydrogens is 852 g/mol. The summed E-state index contributed by atoms with van der Waals surface area (Å²) in [6.07, 6.45) is 6.00. The molecule has 7 heterocycles. The highest BCUT2D eigenvalue weighted by Gasteiger charge is 2.59. The van der Waals surface area contributed by atoms with Gasteiger partial charge < -0.3 is 34.6 Å². The molecule has 17 nitrogen and oxygen atoms in total. The highest BCUT2D eigenvalue weighted by atomic mass is 35.5. The van der Waals surface area contributed by atoms with Crippen molar-refractivity contribution in [2.45, 2.75) is 83.8 Å². The van der Waals surface area contributed by atoms with E-state index in [2.05, 4.69) is 49.5 Å². The van der Waals surface area contributed by atoms with Crippen molar-refractivity contribution in [3.05, 3.63) is 75.2 Å². The van der Waals surface area contributed by atoms with Crippen LogP contribution in [-0.4, -0.2) is 118 Å². The molecule has 5 aliphatic rings. The number of fused-ring (bicyclic) bond motifs is 2. The maximum Gasteiger partial charge on any atom is 0.293 e. The SMILES string of the molecule is CNC(=O)COc1cc2cc(Nc3nc(N4CCC(CN5CCC6(CC5)CN(c5ccc7c(c5)C(=O)N(C5CCC(=O)NC5=O)C7=O)C6(C)C)CC4)ncc3Cl)ccc2n(C(C)C)c1=O. The summed E-state index contributed by atoms with van der Waals surface area (Å²) in [6, 6.07) is 11.6. The van der Waals surface area contributed by atoms with E-state index in [9.17, 15) is 28.8 Å². The van der Waals surface area contributed by atoms with Crippen LogP contribution in [0, 0.1) is 11.3 Å². The molecule has 4 fully saturated rings. The first kappa shape index (κ1) is 44.1. The van der Waals surface area contributed by atoms with Crippen LogP contribution in [0.25, 0.3) is 10.9 Å². The number of halogens is 1. The fourth-order valence-electron chi connectivity index (χ4n) is 10.5. The molecule has 0 aliphatic carbocycles. The Labute approximate surface area is 381 Å². The van der Waals surface area contributed by atoms with E-state index in [1.165, 1.54) is 7.05 Å². The predicted molar refractivity (Wildman–Crippen MR) is 246 cm³/mol. The number of ether oxygens (including phenoxy) is 1. The summed E-state index contributed by atoms with van der Waals surface area (Å²) >= 11 is 6.63. The van der Waals surface area contributed by atoms with Gasteiger partial charge in [0.05, 0.1) is 22.8 Å². The summed E-state index contributed by atoms with van der Waals surface area (Å²) < 4.78 is 7.28. The molecule has 2 aromatic heterocycles. The van der Waals surface area contributed by atoms with Gasteiger partial charge in [0.25, 0.3) is 23.3 Å². The van der Waals surface area contributed by atoms with Crippen molar-refractivity contribution >= 4 is 75.2 Å². The van der Waals surface area contributed by atoms with Gasteiger partial charge in [0.15, 0.2) is 18.2 Å². The molecule has 5 aliphatic heterocycles. The van der Waals surface area contributed by atoms with Gasteiger partial charge in [0.2, 0.25) is 17.8 Å². The number of hydrogen-bond acceptors (Lipinski definition) is 13. The minimum absolute atomic E-state index is 0.0843. The van der Waals surface area contributed by atoms with E-state index in [4.69, 9.17) is 21.3 Å². The zero-order valence-corrected chi connectivity index (χ0v) is 38.2. The Morgan fingerprint density at radius 1 is 0.954 bits per heavy atom. The Hall–Kier alpha value is -6.07. The lowest BCUT2D eigenvalue weighted by atomic mass is 9.57. The molecule has 0 bridgehead atoms. The number of nitrogens with zero attached hydrogens (tertiary/aromatic N) is 7. The molecule has 4 aromatic rings. The van der Waals surface area contributed by atoms with Gasteiger partial charge in [-0.15, -0.1) is 0 Å². The smallest absolute Gasteiger partial charge is 0.293 e. The number of imide groups is 2. The van der Waals surface area contributed by atoms with E-state index in [1.54, 1.807) is 29.0 Å². The number of rotatable bonds is 11. The first-order chi connectivity index (χ1) is 31.1. The molecule has 1 spiro atoms. The Bertz CT molecular complexity index is 2670. The number of amides is 5. The van der Waals surface area contributed by atoms with Crippen LogP contribution in [0.3, 0.4) is 0 Å². The normalized spacial score (nSPS) is 20.9. The van der Waals surface area contributed by atoms with E-state index in [0.717, 1.165) is 86.4 Å². The van der Waals surface area contributed by atoms with Gasteiger partial charge in [-0.3, -0.25) is 39.0 Å². The van der Waals surface area contributed by atoms with Crippen molar-refractivity contribution in [3.8, 4) is 5.75 Å². The third-order valence-electron chi connectivity index (χ3n) is 14.5. The summed E-state index contributed by atoms with van der Waals surface area (Å²) in [5.74, 6) is -0.597. The lowest BCUT2D eigenvalue weighted by molar-refractivity contribution is -0.136. The molecule has 9 rings (SSSR count). The number of piperidine rings is 3. The fourth-order valence-corrected chi connectivity index (χ4v) is 10.6. The van der Waals surface area contributed by atoms with Crippen LogP contribution in [0.2, 0.25) is 5.02 Å². The lowest BCUT2D eigenvalue weighted by Crippen LogP contribution is -2.74. The molecule has 18 heteroatoms. The number of nitrogens with one attached hydrogen (secondary N) is 3. The van der Waals surface area contributed by atoms with Crippen molar-refractivity contribution in [1.82, 2.24) is 35.0 Å². The number of carbonyl (C=O) groups is 5. The Kier molecular flexibility index (Phi) is 11.6. The number of likely N-dealkylation sites (N-methyl/N-ethyl adjacent to an activating group) is 1. The second kappa shape index (κ2) is 17.1. The van der Waals surface area contributed by atoms with E-state index >= 15 is 0 Å². The number of hydrogen-bond donors (Lipinski definition) is 3. The van der Waals surface area contributed by atoms with Crippen LogP contribution in [0.4, 0.5) is 23.1 Å². The van der Waals surface area contributed by atoms with Gasteiger partial charge in [0.1, 0.15) is 11.1 Å². The average molecular weight is 907 g/mol. The third kappa shape index (κ3) is 7.96. The van der Waals surface area contributed by atoms with Crippen LogP contribution < -0.4 is 36.0 Å². The highest BCUT2D eigenvalue weighted by Crippen LogP contribution is 2.55. The lowest BCUT2D eigenvalue weighted by Gasteiger charge is -2.67. The van der Waals surface area contributed by atoms with Crippen LogP contribution in [0.5, 0.6) is 5.75 Å². The predicted octanol–water partition coefficient (Wildman–Crippen LogP) is 4.89. The number of pyridine rings is 1. The molecule has 342 valence electrons. The first-order valence-corrected chi connectivity index (χ1v) is 22.9. The van der Waals surface area contributed by atoms with Crippen LogP contribution >= 0.6 is 11.6 Å². The summed E-state index contributed by atoms with van der Waals surface area (Å²) in [7, 11) is 1.51. The summed E-state index contributed by atoms with van der Waals surface area (Å²) in [6.45, 7) is 13.7. The maximum absolute atomic E-state index is 13.5. The van der Waals surface area contributed by atoms with Crippen LogP contribution in [0.15, 0.2) is 53.5 Å². The quantitative estimate of drug-likeness (QED) is 0.173. The summed E-state index contributed by atoms with van der Waals surface area (Å²) in [5.41, 5.74) is 2.58. The topological polar surface area (TPSA) is 191 Å². The molecular formula is C47H55ClN10O7. The van der Waals surface area contributed by atoms with Gasteiger partial charge in [-0.05, 0) is 121 Å². The fraction of sp³-hybridized carbons (Fsp3) is 0.489. The third-order valence-corrected chi connectivity index (χ3v) is 14.8. The molecule has 0 radical (unpaired) electrons. The Balaban J connectivity index is 0.787. The minimum Gasteiger partial charge on any atom is -0.478 e. The highest BCUT2D eigenvalue weighted by molar-refractivity contribution is 6.33. The second-order valence-electron chi connectivity index (χ2n) is 18.8. The molecule has 65 heavy (non-hydrogen) atoms. The molecule has 0 saturated carbocycles. The van der Waals surface area contributed by atoms with Crippen molar-refractivity contribution in [3.63, 3.8) is 0 Å². The van der Waals surface area contributed by atoms with Gasteiger partial charge in [0, 0.05) is 73.4 Å². The zero-order valence-electron chi connectivity index (χ0n) is 37.4. The van der Waals surface area contributed by atoms with Crippen LogP contribution in [0.1, 0.15) is 93.0 Å². The standard InChI is InChI=1S/C47H55ClN10O7/c1-27(2)57-35-9-6-30(20-29(35)21-37(44(57)64)65-25-39(60)49-5)51-40-34(48)23-50-45(53-40)55-16-12-28(13-17-55)24-54-18-14-47(15-19-54)26-56(46(47,3)4)31-7-8-32-33(22-31)43(63)58(42(32)62)36-10-11-38(59)52-41(36)61/h6-9,20-23,27-28,36H,10-19,24-26H2,1-5H3,(H,49,60)(H,50,51,53)(H,52,59,61). The maximum atomic E-state index is 13.5. The van der Waals surface area contributed by atoms with Crippen molar-refractivity contribution in [2.24, 2.45) is 11.3 Å². The van der Waals surface area contributed by atoms with Gasteiger partial charge in [-0.1, -0.05) is 11.6 Å². The number of benzene rings is 2. The van der Waals surface area contributed by atoms with Crippen molar-refractivity contribution in [2.75, 3.05) is 68.0 Å². The van der Waals surface area contributed by atoms with Crippen molar-refractivity contribution in [1.29, 1.82) is 0 Å². The van der Waals surface area contributed by atoms with Gasteiger partial charge in [-0.2, -0.15) is 4.98 Å². The molecule has 2 aromatic carbocycles. The van der Waals surface area contributed by atoms with Crippen molar-refractivity contribution < 1.29 is 28.7 Å². The summed E-state index contributed by atoms with van der Waals surface area (Å²) in [4.78, 5) is 93.8. The van der Waals surface area contributed by atoms with Gasteiger partial charge >= 0.3 is 0 Å². The molecule has 3 N–H and O–H groups in total. The van der Waals surface area contributed by atoms with E-state index < -0.39 is 29.7 Å². The zero-order chi connectivity index (χ0) is 45.9. The monoisotopic (exact) mass is 906 g/mol. The number of aromatic nitrogens is 3. The Morgan fingerprint density at radius 2 is 1.69 bits per heavy atom. The van der Waals surface area contributed by atoms with E-state index in [0.29, 0.717) is 39.5 Å². The minimum atomic E-state index is -0.987. The number of anilines is 4. The molecule has 1 unspecified atom stereocenters. The molecule has 1 atom stereocenters. The van der Waals surface area contributed by atoms with E-state index in [1.807, 2.05) is 38.1 Å². The van der Waals surface area contributed by atoms with Gasteiger partial charge in [-0.25, -0.2) is 4.98 Å². The molecule has 4 saturated heterocycles.